The molecule has 0 aromatic rings. The summed E-state index contributed by atoms with van der Waals surface area (Å²) in [4.78, 5) is 0. The van der Waals surface area contributed by atoms with Gasteiger partial charge in [-0.15, -0.1) is 0 Å². The molecule has 0 saturated heterocycles. The molecule has 1 fully saturated rings. The van der Waals surface area contributed by atoms with Crippen LogP contribution in [0, 0.1) is 5.92 Å². The smallest absolute Gasteiger partial charge is 0.0601 e. The molecule has 0 aromatic carbocycles. The zero-order valence-electron chi connectivity index (χ0n) is 7.38. The van der Waals surface area contributed by atoms with Crippen molar-refractivity contribution in [2.24, 2.45) is 11.7 Å². The molecule has 0 aromatic heterocycles. The summed E-state index contributed by atoms with van der Waals surface area (Å²) in [7, 11) is 0. The van der Waals surface area contributed by atoms with Crippen molar-refractivity contribution in [1.29, 1.82) is 0 Å². The van der Waals surface area contributed by atoms with E-state index in [2.05, 4.69) is 6.92 Å². The molecule has 1 aliphatic rings. The first-order chi connectivity index (χ1) is 5.34. The molecule has 0 radical (unpaired) electrons. The zero-order chi connectivity index (χ0) is 8.10. The van der Waals surface area contributed by atoms with E-state index in [1.165, 1.54) is 25.7 Å². The molecule has 2 atom stereocenters. The minimum atomic E-state index is 0.493. The Morgan fingerprint density at radius 1 is 1.36 bits per heavy atom. The monoisotopic (exact) mass is 157 g/mol. The second kappa shape index (κ2) is 4.73. The van der Waals surface area contributed by atoms with Gasteiger partial charge in [-0.05, 0) is 18.8 Å². The molecular weight excluding hydrogens is 138 g/mol. The Bertz CT molecular complexity index is 106. The van der Waals surface area contributed by atoms with Crippen molar-refractivity contribution in [3.63, 3.8) is 0 Å². The highest BCUT2D eigenvalue weighted by Gasteiger charge is 2.20. The van der Waals surface area contributed by atoms with Crippen LogP contribution in [0.2, 0.25) is 0 Å². The quantitative estimate of drug-likeness (QED) is 0.674. The van der Waals surface area contributed by atoms with E-state index in [9.17, 15) is 0 Å². The lowest BCUT2D eigenvalue weighted by Gasteiger charge is -2.28. The predicted octanol–water partition coefficient (Wildman–Crippen LogP) is 1.54. The lowest BCUT2D eigenvalue weighted by molar-refractivity contribution is -0.000781. The van der Waals surface area contributed by atoms with Crippen LogP contribution in [-0.4, -0.2) is 19.3 Å². The van der Waals surface area contributed by atoms with E-state index >= 15 is 0 Å². The molecule has 1 saturated carbocycles. The third kappa shape index (κ3) is 2.80. The normalized spacial score (nSPS) is 32.2. The minimum Gasteiger partial charge on any atom is -0.377 e. The molecule has 0 aliphatic heterocycles. The Kier molecular flexibility index (Phi) is 3.87. The van der Waals surface area contributed by atoms with Gasteiger partial charge >= 0.3 is 0 Å². The third-order valence-corrected chi connectivity index (χ3v) is 2.48. The number of hydrogen-bond donors (Lipinski definition) is 1. The molecule has 1 aliphatic carbocycles. The highest BCUT2D eigenvalue weighted by Crippen LogP contribution is 2.25. The van der Waals surface area contributed by atoms with Gasteiger partial charge in [-0.2, -0.15) is 0 Å². The van der Waals surface area contributed by atoms with Crippen LogP contribution in [-0.2, 0) is 4.74 Å². The van der Waals surface area contributed by atoms with E-state index in [0.29, 0.717) is 12.6 Å². The van der Waals surface area contributed by atoms with Crippen LogP contribution in [0.4, 0.5) is 0 Å². The van der Waals surface area contributed by atoms with Crippen LogP contribution in [0.3, 0.4) is 0 Å². The van der Waals surface area contributed by atoms with Gasteiger partial charge < -0.3 is 10.5 Å². The maximum absolute atomic E-state index is 5.62. The lowest BCUT2D eigenvalue weighted by Crippen LogP contribution is -2.27. The summed E-state index contributed by atoms with van der Waals surface area (Å²) < 4.78 is 5.62. The summed E-state index contributed by atoms with van der Waals surface area (Å²) in [5.41, 5.74) is 5.37. The van der Waals surface area contributed by atoms with Crippen LogP contribution in [0.5, 0.6) is 0 Å². The van der Waals surface area contributed by atoms with Gasteiger partial charge in [-0.25, -0.2) is 0 Å². The average molecular weight is 157 g/mol. The van der Waals surface area contributed by atoms with Crippen molar-refractivity contribution in [2.75, 3.05) is 13.2 Å². The summed E-state index contributed by atoms with van der Waals surface area (Å²) in [6.45, 7) is 3.67. The largest absolute Gasteiger partial charge is 0.377 e. The van der Waals surface area contributed by atoms with Gasteiger partial charge in [0.2, 0.25) is 0 Å². The van der Waals surface area contributed by atoms with Crippen molar-refractivity contribution < 1.29 is 4.74 Å². The first-order valence-corrected chi connectivity index (χ1v) is 4.66. The van der Waals surface area contributed by atoms with Crippen molar-refractivity contribution in [3.05, 3.63) is 0 Å². The molecule has 11 heavy (non-hydrogen) atoms. The Morgan fingerprint density at radius 3 is 2.73 bits per heavy atom. The number of rotatable bonds is 3. The maximum Gasteiger partial charge on any atom is 0.0601 e. The Hall–Kier alpha value is -0.0800. The first kappa shape index (κ1) is 9.01. The van der Waals surface area contributed by atoms with E-state index in [4.69, 9.17) is 10.5 Å². The number of ether oxygens (including phenoxy) is 1. The van der Waals surface area contributed by atoms with Crippen LogP contribution in [0.25, 0.3) is 0 Å². The topological polar surface area (TPSA) is 35.2 Å². The minimum absolute atomic E-state index is 0.493. The zero-order valence-corrected chi connectivity index (χ0v) is 7.38. The second-order valence-corrected chi connectivity index (χ2v) is 3.46. The number of nitrogens with two attached hydrogens (primary N) is 1. The van der Waals surface area contributed by atoms with Crippen molar-refractivity contribution in [1.82, 2.24) is 0 Å². The fourth-order valence-corrected chi connectivity index (χ4v) is 1.75. The molecule has 0 heterocycles. The van der Waals surface area contributed by atoms with Gasteiger partial charge in [-0.3, -0.25) is 0 Å². The van der Waals surface area contributed by atoms with Crippen LogP contribution >= 0.6 is 0 Å². The van der Waals surface area contributed by atoms with Crippen LogP contribution in [0.15, 0.2) is 0 Å². The standard InChI is InChI=1S/C9H19NO/c1-8-4-2-3-5-9(8)11-7-6-10/h8-9H,2-7,10H2,1H3/t8-,9-/m0/s1. The molecular formula is C9H19NO. The molecule has 0 amide bonds. The first-order valence-electron chi connectivity index (χ1n) is 4.66. The van der Waals surface area contributed by atoms with Crippen LogP contribution in [0.1, 0.15) is 32.6 Å². The highest BCUT2D eigenvalue weighted by molar-refractivity contribution is 4.72. The lowest BCUT2D eigenvalue weighted by atomic mass is 9.88. The molecule has 66 valence electrons. The summed E-state index contributed by atoms with van der Waals surface area (Å²) >= 11 is 0. The molecule has 2 N–H and O–H groups in total. The molecule has 2 nitrogen and oxygen atoms in total. The summed E-state index contributed by atoms with van der Waals surface area (Å²) in [6, 6.07) is 0. The predicted molar refractivity (Wildman–Crippen MR) is 46.4 cm³/mol. The van der Waals surface area contributed by atoms with Gasteiger partial charge in [0.15, 0.2) is 0 Å². The molecule has 0 spiro atoms. The maximum atomic E-state index is 5.62. The summed E-state index contributed by atoms with van der Waals surface area (Å²) in [6.07, 6.45) is 5.77. The molecule has 2 heteroatoms. The van der Waals surface area contributed by atoms with E-state index in [1.807, 2.05) is 0 Å². The van der Waals surface area contributed by atoms with Crippen molar-refractivity contribution >= 4 is 0 Å². The van der Waals surface area contributed by atoms with E-state index in [0.717, 1.165) is 12.5 Å². The van der Waals surface area contributed by atoms with Gasteiger partial charge in [0.05, 0.1) is 12.7 Å². The molecule has 1 rings (SSSR count). The van der Waals surface area contributed by atoms with Gasteiger partial charge in [0.25, 0.3) is 0 Å². The second-order valence-electron chi connectivity index (χ2n) is 3.46. The molecule has 0 unspecified atom stereocenters. The Balaban J connectivity index is 2.18. The van der Waals surface area contributed by atoms with E-state index in [-0.39, 0.29) is 0 Å². The summed E-state index contributed by atoms with van der Waals surface area (Å²) in [5, 5.41) is 0. The average Bonchev–Trinajstić information content (AvgIpc) is 2.03. The Morgan fingerprint density at radius 2 is 2.09 bits per heavy atom. The molecule has 0 bridgehead atoms. The van der Waals surface area contributed by atoms with Gasteiger partial charge in [-0.1, -0.05) is 19.8 Å². The SMILES string of the molecule is C[C@H]1CCCC[C@@H]1OCCN. The summed E-state index contributed by atoms with van der Waals surface area (Å²) in [5.74, 6) is 0.746. The van der Waals surface area contributed by atoms with E-state index in [1.54, 1.807) is 0 Å². The number of hydrogen-bond acceptors (Lipinski definition) is 2. The van der Waals surface area contributed by atoms with Crippen molar-refractivity contribution in [2.45, 2.75) is 38.7 Å². The van der Waals surface area contributed by atoms with Gasteiger partial charge in [0, 0.05) is 6.54 Å². The van der Waals surface area contributed by atoms with Crippen LogP contribution < -0.4 is 5.73 Å². The van der Waals surface area contributed by atoms with Gasteiger partial charge in [0.1, 0.15) is 0 Å². The Labute approximate surface area is 69.1 Å². The third-order valence-electron chi connectivity index (χ3n) is 2.48. The van der Waals surface area contributed by atoms with E-state index < -0.39 is 0 Å². The highest BCUT2D eigenvalue weighted by atomic mass is 16.5. The fraction of sp³-hybridized carbons (Fsp3) is 1.00. The fourth-order valence-electron chi connectivity index (χ4n) is 1.75. The van der Waals surface area contributed by atoms with Crippen molar-refractivity contribution in [3.8, 4) is 0 Å².